The highest BCUT2D eigenvalue weighted by Gasteiger charge is 2.38. The quantitative estimate of drug-likeness (QED) is 0.542. The lowest BCUT2D eigenvalue weighted by Gasteiger charge is -2.30. The third-order valence-electron chi connectivity index (χ3n) is 3.99. The number of ether oxygens (including phenoxy) is 1. The van der Waals surface area contributed by atoms with Crippen LogP contribution < -0.4 is 11.1 Å². The molecule has 118 valence electrons. The molecule has 0 aromatic carbocycles. The number of nitrogens with two attached hydrogens (primary N) is 1. The number of nitrogens with one attached hydrogen (secondary N) is 1. The Morgan fingerprint density at radius 1 is 1.35 bits per heavy atom. The number of rotatable bonds is 12. The molecule has 1 rings (SSSR count). The second-order valence-corrected chi connectivity index (χ2v) is 6.41. The molecule has 4 heteroatoms. The van der Waals surface area contributed by atoms with Crippen molar-refractivity contribution in [2.45, 2.75) is 89.8 Å². The Morgan fingerprint density at radius 2 is 2.00 bits per heavy atom. The third kappa shape index (κ3) is 6.71. The maximum atomic E-state index is 11.7. The summed E-state index contributed by atoms with van der Waals surface area (Å²) in [6, 6.07) is 0.466. The van der Waals surface area contributed by atoms with Gasteiger partial charge in [0.2, 0.25) is 5.91 Å². The van der Waals surface area contributed by atoms with Crippen LogP contribution in [-0.2, 0) is 9.53 Å². The van der Waals surface area contributed by atoms with Crippen molar-refractivity contribution in [3.05, 3.63) is 0 Å². The Kier molecular flexibility index (Phi) is 7.52. The van der Waals surface area contributed by atoms with E-state index < -0.39 is 5.54 Å². The van der Waals surface area contributed by atoms with E-state index in [-0.39, 0.29) is 12.0 Å². The van der Waals surface area contributed by atoms with Gasteiger partial charge in [-0.1, -0.05) is 32.6 Å². The van der Waals surface area contributed by atoms with E-state index in [1.54, 1.807) is 0 Å². The molecular formula is C16H32N2O2. The molecular weight excluding hydrogens is 252 g/mol. The van der Waals surface area contributed by atoms with Crippen LogP contribution in [-0.4, -0.2) is 30.2 Å². The fourth-order valence-electron chi connectivity index (χ4n) is 2.53. The lowest BCUT2D eigenvalue weighted by atomic mass is 9.93. The molecule has 3 N–H and O–H groups in total. The topological polar surface area (TPSA) is 64.3 Å². The number of amides is 1. The van der Waals surface area contributed by atoms with Crippen LogP contribution in [0.1, 0.15) is 72.1 Å². The zero-order valence-electron chi connectivity index (χ0n) is 13.4. The Hall–Kier alpha value is -0.610. The van der Waals surface area contributed by atoms with Crippen LogP contribution in [0.3, 0.4) is 0 Å². The van der Waals surface area contributed by atoms with Gasteiger partial charge in [-0.3, -0.25) is 4.79 Å². The summed E-state index contributed by atoms with van der Waals surface area (Å²) >= 11 is 0. The molecule has 4 nitrogen and oxygen atoms in total. The number of carbonyl (C=O) groups is 1. The summed E-state index contributed by atoms with van der Waals surface area (Å²) in [7, 11) is 0. The lowest BCUT2D eigenvalue weighted by Crippen LogP contribution is -2.55. The fourth-order valence-corrected chi connectivity index (χ4v) is 2.53. The summed E-state index contributed by atoms with van der Waals surface area (Å²) in [6.45, 7) is 6.93. The van der Waals surface area contributed by atoms with Gasteiger partial charge in [0, 0.05) is 19.1 Å². The predicted molar refractivity (Wildman–Crippen MR) is 82.5 cm³/mol. The first-order valence-electron chi connectivity index (χ1n) is 8.17. The molecule has 0 radical (unpaired) electrons. The molecule has 1 aliphatic carbocycles. The van der Waals surface area contributed by atoms with Crippen LogP contribution >= 0.6 is 0 Å². The van der Waals surface area contributed by atoms with Crippen molar-refractivity contribution in [2.75, 3.05) is 6.61 Å². The smallest absolute Gasteiger partial charge is 0.237 e. The second-order valence-electron chi connectivity index (χ2n) is 6.41. The summed E-state index contributed by atoms with van der Waals surface area (Å²) < 4.78 is 5.82. The highest BCUT2D eigenvalue weighted by molar-refractivity contribution is 5.84. The van der Waals surface area contributed by atoms with Crippen molar-refractivity contribution in [1.29, 1.82) is 0 Å². The van der Waals surface area contributed by atoms with Crippen LogP contribution in [0.2, 0.25) is 0 Å². The Balaban J connectivity index is 2.20. The molecule has 1 fully saturated rings. The lowest BCUT2D eigenvalue weighted by molar-refractivity contribution is -0.125. The van der Waals surface area contributed by atoms with E-state index >= 15 is 0 Å². The molecule has 0 aromatic heterocycles. The average Bonchev–Trinajstić information content (AvgIpc) is 3.17. The number of primary amides is 1. The summed E-state index contributed by atoms with van der Waals surface area (Å²) in [6.07, 6.45) is 9.20. The number of carbonyl (C=O) groups excluding carboxylic acids is 1. The van der Waals surface area contributed by atoms with Gasteiger partial charge in [-0.25, -0.2) is 0 Å². The minimum Gasteiger partial charge on any atom is -0.378 e. The first-order chi connectivity index (χ1) is 9.48. The second kappa shape index (κ2) is 8.63. The van der Waals surface area contributed by atoms with E-state index in [1.807, 2.05) is 13.8 Å². The van der Waals surface area contributed by atoms with Gasteiger partial charge in [0.15, 0.2) is 0 Å². The van der Waals surface area contributed by atoms with E-state index in [9.17, 15) is 4.79 Å². The van der Waals surface area contributed by atoms with Gasteiger partial charge in [0.1, 0.15) is 0 Å². The first kappa shape index (κ1) is 17.4. The van der Waals surface area contributed by atoms with E-state index in [0.717, 1.165) is 25.9 Å². The minimum absolute atomic E-state index is 0.0601. The SMILES string of the molecule is CCCCCCCOC(C)CC(C)(NC1CC1)C(N)=O. The molecule has 0 aliphatic heterocycles. The molecule has 20 heavy (non-hydrogen) atoms. The Bertz CT molecular complexity index is 292. The molecule has 0 saturated heterocycles. The Labute approximate surface area is 123 Å². The fraction of sp³-hybridized carbons (Fsp3) is 0.938. The van der Waals surface area contributed by atoms with E-state index in [0.29, 0.717) is 12.5 Å². The maximum Gasteiger partial charge on any atom is 0.237 e. The standard InChI is InChI=1S/C16H32N2O2/c1-4-5-6-7-8-11-20-13(2)12-16(3,15(17)19)18-14-9-10-14/h13-14,18H,4-12H2,1-3H3,(H2,17,19). The predicted octanol–water partition coefficient (Wildman–Crippen LogP) is 2.75. The van der Waals surface area contributed by atoms with Gasteiger partial charge < -0.3 is 15.8 Å². The normalized spacial score (nSPS) is 19.6. The minimum atomic E-state index is -0.636. The molecule has 0 heterocycles. The van der Waals surface area contributed by atoms with E-state index in [4.69, 9.17) is 10.5 Å². The maximum absolute atomic E-state index is 11.7. The zero-order valence-corrected chi connectivity index (χ0v) is 13.4. The average molecular weight is 284 g/mol. The van der Waals surface area contributed by atoms with Crippen molar-refractivity contribution in [3.8, 4) is 0 Å². The molecule has 1 amide bonds. The van der Waals surface area contributed by atoms with Crippen LogP contribution in [0.5, 0.6) is 0 Å². The summed E-state index contributed by atoms with van der Waals surface area (Å²) in [4.78, 5) is 11.7. The highest BCUT2D eigenvalue weighted by atomic mass is 16.5. The molecule has 1 aliphatic rings. The highest BCUT2D eigenvalue weighted by Crippen LogP contribution is 2.25. The van der Waals surface area contributed by atoms with Crippen molar-refractivity contribution in [1.82, 2.24) is 5.32 Å². The van der Waals surface area contributed by atoms with Crippen molar-refractivity contribution < 1.29 is 9.53 Å². The summed E-state index contributed by atoms with van der Waals surface area (Å²) in [5, 5.41) is 3.36. The number of unbranched alkanes of at least 4 members (excludes halogenated alkanes) is 4. The van der Waals surface area contributed by atoms with E-state index in [2.05, 4.69) is 12.2 Å². The van der Waals surface area contributed by atoms with Crippen molar-refractivity contribution >= 4 is 5.91 Å². The molecule has 0 aromatic rings. The van der Waals surface area contributed by atoms with Crippen molar-refractivity contribution in [2.24, 2.45) is 5.73 Å². The molecule has 2 unspecified atom stereocenters. The van der Waals surface area contributed by atoms with Gasteiger partial charge in [-0.15, -0.1) is 0 Å². The third-order valence-corrected chi connectivity index (χ3v) is 3.99. The Morgan fingerprint density at radius 3 is 2.55 bits per heavy atom. The molecule has 0 bridgehead atoms. The van der Waals surface area contributed by atoms with Crippen LogP contribution in [0.25, 0.3) is 0 Å². The van der Waals surface area contributed by atoms with Gasteiger partial charge in [0.05, 0.1) is 11.6 Å². The number of hydrogen-bond donors (Lipinski definition) is 2. The van der Waals surface area contributed by atoms with Gasteiger partial charge in [-0.05, 0) is 33.1 Å². The number of hydrogen-bond acceptors (Lipinski definition) is 3. The van der Waals surface area contributed by atoms with Crippen molar-refractivity contribution in [3.63, 3.8) is 0 Å². The largest absolute Gasteiger partial charge is 0.378 e. The van der Waals surface area contributed by atoms with Crippen LogP contribution in [0.15, 0.2) is 0 Å². The van der Waals surface area contributed by atoms with Crippen LogP contribution in [0.4, 0.5) is 0 Å². The van der Waals surface area contributed by atoms with E-state index in [1.165, 1.54) is 25.7 Å². The van der Waals surface area contributed by atoms with Crippen LogP contribution in [0, 0.1) is 0 Å². The summed E-state index contributed by atoms with van der Waals surface area (Å²) in [5.41, 5.74) is 4.91. The molecule has 1 saturated carbocycles. The molecule has 2 atom stereocenters. The molecule has 0 spiro atoms. The monoisotopic (exact) mass is 284 g/mol. The van der Waals surface area contributed by atoms with Gasteiger partial charge in [-0.2, -0.15) is 0 Å². The van der Waals surface area contributed by atoms with Gasteiger partial charge in [0.25, 0.3) is 0 Å². The summed E-state index contributed by atoms with van der Waals surface area (Å²) in [5.74, 6) is -0.275. The van der Waals surface area contributed by atoms with Gasteiger partial charge >= 0.3 is 0 Å². The first-order valence-corrected chi connectivity index (χ1v) is 8.17. The zero-order chi connectivity index (χ0) is 15.0.